The summed E-state index contributed by atoms with van der Waals surface area (Å²) in [5.74, 6) is 0.834. The third-order valence-electron chi connectivity index (χ3n) is 4.67. The molecule has 0 aliphatic heterocycles. The third-order valence-corrected chi connectivity index (χ3v) is 6.11. The van der Waals surface area contributed by atoms with Gasteiger partial charge in [-0.3, -0.25) is 4.79 Å². The van der Waals surface area contributed by atoms with Crippen molar-refractivity contribution in [3.8, 4) is 5.75 Å². The van der Waals surface area contributed by atoms with Crippen molar-refractivity contribution >= 4 is 27.7 Å². The third kappa shape index (κ3) is 5.59. The number of aryl methyl sites for hydroxylation is 1. The average Bonchev–Trinajstić information content (AvgIpc) is 3.17. The summed E-state index contributed by atoms with van der Waals surface area (Å²) >= 11 is 0. The van der Waals surface area contributed by atoms with E-state index in [4.69, 9.17) is 4.74 Å². The summed E-state index contributed by atoms with van der Waals surface area (Å²) < 4.78 is 33.7. The van der Waals surface area contributed by atoms with Gasteiger partial charge in [-0.25, -0.2) is 18.1 Å². The van der Waals surface area contributed by atoms with E-state index in [-0.39, 0.29) is 16.6 Å². The van der Waals surface area contributed by atoms with Crippen LogP contribution >= 0.6 is 0 Å². The molecule has 0 saturated carbocycles. The van der Waals surface area contributed by atoms with E-state index in [1.54, 1.807) is 24.4 Å². The number of carbonyl (C=O) groups excluding carboxylic acids is 1. The van der Waals surface area contributed by atoms with E-state index in [0.29, 0.717) is 17.8 Å². The van der Waals surface area contributed by atoms with Gasteiger partial charge in [-0.05, 0) is 55.4 Å². The first kappa shape index (κ1) is 22.3. The summed E-state index contributed by atoms with van der Waals surface area (Å²) in [6.45, 7) is 2.65. The standard InChI is InChI=1S/C22H24N4O4S/c1-16-24-12-13-26(16)15-18-4-8-19(9-5-18)25-22(27)11-7-17-6-10-20(30-3)21(14-17)31(28,29)23-2/h4-14,23H,15H2,1-3H3,(H,25,27)/b11-7+. The molecule has 2 N–H and O–H groups in total. The van der Waals surface area contributed by atoms with Crippen LogP contribution < -0.4 is 14.8 Å². The Morgan fingerprint density at radius 1 is 1.19 bits per heavy atom. The number of methoxy groups -OCH3 is 1. The Morgan fingerprint density at radius 2 is 1.94 bits per heavy atom. The number of hydrogen-bond acceptors (Lipinski definition) is 5. The lowest BCUT2D eigenvalue weighted by Crippen LogP contribution is -2.19. The Bertz CT molecular complexity index is 1200. The Hall–Kier alpha value is -3.43. The fraction of sp³-hybridized carbons (Fsp3) is 0.182. The Kier molecular flexibility index (Phi) is 6.88. The van der Waals surface area contributed by atoms with E-state index in [1.165, 1.54) is 26.3 Å². The average molecular weight is 441 g/mol. The van der Waals surface area contributed by atoms with Crippen molar-refractivity contribution in [1.82, 2.24) is 14.3 Å². The zero-order valence-electron chi connectivity index (χ0n) is 17.5. The number of aromatic nitrogens is 2. The van der Waals surface area contributed by atoms with Gasteiger partial charge in [-0.15, -0.1) is 0 Å². The lowest BCUT2D eigenvalue weighted by atomic mass is 10.2. The number of carbonyl (C=O) groups is 1. The SMILES string of the molecule is CNS(=O)(=O)c1cc(/C=C/C(=O)Nc2ccc(Cn3ccnc3C)cc2)ccc1OC. The van der Waals surface area contributed by atoms with Crippen molar-refractivity contribution in [2.75, 3.05) is 19.5 Å². The molecule has 0 saturated heterocycles. The first-order valence-corrected chi connectivity index (χ1v) is 11.0. The van der Waals surface area contributed by atoms with Gasteiger partial charge in [0.25, 0.3) is 0 Å². The lowest BCUT2D eigenvalue weighted by molar-refractivity contribution is -0.111. The molecule has 0 fully saturated rings. The molecule has 162 valence electrons. The predicted octanol–water partition coefficient (Wildman–Crippen LogP) is 2.81. The van der Waals surface area contributed by atoms with Gasteiger partial charge in [0.05, 0.1) is 7.11 Å². The summed E-state index contributed by atoms with van der Waals surface area (Å²) in [6, 6.07) is 12.2. The molecule has 0 radical (unpaired) electrons. The first-order valence-electron chi connectivity index (χ1n) is 9.49. The number of sulfonamides is 1. The van der Waals surface area contributed by atoms with Crippen molar-refractivity contribution in [3.05, 3.63) is 77.9 Å². The monoisotopic (exact) mass is 440 g/mol. The molecule has 0 aliphatic rings. The highest BCUT2D eigenvalue weighted by molar-refractivity contribution is 7.89. The van der Waals surface area contributed by atoms with Gasteiger partial charge in [0.15, 0.2) is 0 Å². The number of imidazole rings is 1. The zero-order valence-corrected chi connectivity index (χ0v) is 18.3. The first-order chi connectivity index (χ1) is 14.8. The van der Waals surface area contributed by atoms with Gasteiger partial charge >= 0.3 is 0 Å². The molecule has 1 heterocycles. The minimum absolute atomic E-state index is 0.00350. The smallest absolute Gasteiger partial charge is 0.248 e. The van der Waals surface area contributed by atoms with Crippen molar-refractivity contribution < 1.29 is 17.9 Å². The molecule has 3 aromatic rings. The van der Waals surface area contributed by atoms with E-state index in [0.717, 1.165) is 11.4 Å². The molecular weight excluding hydrogens is 416 g/mol. The highest BCUT2D eigenvalue weighted by Gasteiger charge is 2.17. The number of hydrogen-bond donors (Lipinski definition) is 2. The van der Waals surface area contributed by atoms with Gasteiger partial charge < -0.3 is 14.6 Å². The molecular formula is C22H24N4O4S. The van der Waals surface area contributed by atoms with Gasteiger partial charge in [0.2, 0.25) is 15.9 Å². The van der Waals surface area contributed by atoms with Gasteiger partial charge in [-0.1, -0.05) is 18.2 Å². The minimum atomic E-state index is -3.69. The van der Waals surface area contributed by atoms with Crippen LogP contribution in [0.5, 0.6) is 5.75 Å². The Balaban J connectivity index is 1.66. The van der Waals surface area contributed by atoms with E-state index < -0.39 is 10.0 Å². The second-order valence-corrected chi connectivity index (χ2v) is 8.59. The van der Waals surface area contributed by atoms with Crippen LogP contribution in [0.4, 0.5) is 5.69 Å². The number of anilines is 1. The van der Waals surface area contributed by atoms with Crippen LogP contribution in [0.25, 0.3) is 6.08 Å². The number of nitrogens with one attached hydrogen (secondary N) is 2. The van der Waals surface area contributed by atoms with Gasteiger partial charge in [0.1, 0.15) is 16.5 Å². The number of ether oxygens (including phenoxy) is 1. The second-order valence-electron chi connectivity index (χ2n) is 6.74. The van der Waals surface area contributed by atoms with Crippen molar-refractivity contribution in [3.63, 3.8) is 0 Å². The van der Waals surface area contributed by atoms with Crippen LogP contribution in [0, 0.1) is 6.92 Å². The van der Waals surface area contributed by atoms with E-state index in [9.17, 15) is 13.2 Å². The molecule has 9 heteroatoms. The van der Waals surface area contributed by atoms with E-state index in [2.05, 4.69) is 15.0 Å². The molecule has 0 atom stereocenters. The topological polar surface area (TPSA) is 102 Å². The number of benzene rings is 2. The van der Waals surface area contributed by atoms with Crippen LogP contribution in [0.15, 0.2) is 65.8 Å². The second kappa shape index (κ2) is 9.59. The van der Waals surface area contributed by atoms with Crippen molar-refractivity contribution in [2.24, 2.45) is 0 Å². The number of rotatable bonds is 8. The van der Waals surface area contributed by atoms with Crippen LogP contribution in [0.1, 0.15) is 17.0 Å². The fourth-order valence-electron chi connectivity index (χ4n) is 2.93. The highest BCUT2D eigenvalue weighted by Crippen LogP contribution is 2.25. The summed E-state index contributed by atoms with van der Waals surface area (Å²) in [7, 11) is -0.968. The van der Waals surface area contributed by atoms with Crippen LogP contribution in [0.2, 0.25) is 0 Å². The Labute approximate surface area is 181 Å². The minimum Gasteiger partial charge on any atom is -0.495 e. The molecule has 31 heavy (non-hydrogen) atoms. The normalized spacial score (nSPS) is 11.6. The summed E-state index contributed by atoms with van der Waals surface area (Å²) in [5.41, 5.74) is 2.30. The van der Waals surface area contributed by atoms with E-state index >= 15 is 0 Å². The molecule has 8 nitrogen and oxygen atoms in total. The number of amides is 1. The Morgan fingerprint density at radius 3 is 2.55 bits per heavy atom. The zero-order chi connectivity index (χ0) is 22.4. The maximum absolute atomic E-state index is 12.3. The molecule has 1 amide bonds. The molecule has 2 aromatic carbocycles. The van der Waals surface area contributed by atoms with Crippen LogP contribution in [-0.4, -0.2) is 38.0 Å². The fourth-order valence-corrected chi connectivity index (χ4v) is 3.86. The molecule has 0 unspecified atom stereocenters. The molecule has 3 rings (SSSR count). The molecule has 1 aromatic heterocycles. The van der Waals surface area contributed by atoms with Gasteiger partial charge in [-0.2, -0.15) is 0 Å². The maximum Gasteiger partial charge on any atom is 0.248 e. The molecule has 0 bridgehead atoms. The summed E-state index contributed by atoms with van der Waals surface area (Å²) in [6.07, 6.45) is 6.57. The summed E-state index contributed by atoms with van der Waals surface area (Å²) in [4.78, 5) is 16.5. The van der Waals surface area contributed by atoms with Crippen LogP contribution in [0.3, 0.4) is 0 Å². The predicted molar refractivity (Wildman–Crippen MR) is 119 cm³/mol. The van der Waals surface area contributed by atoms with Crippen LogP contribution in [-0.2, 0) is 21.4 Å². The van der Waals surface area contributed by atoms with E-state index in [1.807, 2.05) is 42.0 Å². The van der Waals surface area contributed by atoms with Crippen molar-refractivity contribution in [2.45, 2.75) is 18.4 Å². The highest BCUT2D eigenvalue weighted by atomic mass is 32.2. The molecule has 0 spiro atoms. The summed E-state index contributed by atoms with van der Waals surface area (Å²) in [5, 5.41) is 2.79. The van der Waals surface area contributed by atoms with Crippen molar-refractivity contribution in [1.29, 1.82) is 0 Å². The molecule has 0 aliphatic carbocycles. The maximum atomic E-state index is 12.3. The lowest BCUT2D eigenvalue weighted by Gasteiger charge is -2.09. The largest absolute Gasteiger partial charge is 0.495 e. The van der Waals surface area contributed by atoms with Gasteiger partial charge in [0, 0.05) is 30.7 Å². The quantitative estimate of drug-likeness (QED) is 0.525. The number of nitrogens with zero attached hydrogens (tertiary/aromatic N) is 2.